The van der Waals surface area contributed by atoms with Gasteiger partial charge in [0.25, 0.3) is 5.91 Å². The van der Waals surface area contributed by atoms with Gasteiger partial charge in [-0.05, 0) is 73.5 Å². The van der Waals surface area contributed by atoms with Crippen LogP contribution in [0.1, 0.15) is 37.7 Å². The van der Waals surface area contributed by atoms with Crippen LogP contribution >= 0.6 is 0 Å². The molecule has 0 spiro atoms. The van der Waals surface area contributed by atoms with Crippen LogP contribution in [-0.2, 0) is 20.9 Å². The highest BCUT2D eigenvalue weighted by molar-refractivity contribution is 5.81. The highest BCUT2D eigenvalue weighted by Crippen LogP contribution is 2.56. The van der Waals surface area contributed by atoms with E-state index >= 15 is 0 Å². The van der Waals surface area contributed by atoms with Crippen molar-refractivity contribution < 1.29 is 28.5 Å². The maximum Gasteiger partial charge on any atom is 0.310 e. The molecule has 30 heavy (non-hydrogen) atoms. The van der Waals surface area contributed by atoms with Crippen LogP contribution in [-0.4, -0.2) is 39.8 Å². The lowest BCUT2D eigenvalue weighted by molar-refractivity contribution is -0.164. The average Bonchev–Trinajstić information content (AvgIpc) is 2.74. The molecule has 0 saturated heterocycles. The van der Waals surface area contributed by atoms with Gasteiger partial charge in [0.15, 0.2) is 18.1 Å². The van der Waals surface area contributed by atoms with E-state index in [0.29, 0.717) is 29.1 Å². The lowest BCUT2D eigenvalue weighted by Crippen LogP contribution is -2.48. The molecule has 4 fully saturated rings. The summed E-state index contributed by atoms with van der Waals surface area (Å²) in [7, 11) is 4.63. The predicted octanol–water partition coefficient (Wildman–Crippen LogP) is 2.94. The van der Waals surface area contributed by atoms with E-state index in [2.05, 4.69) is 5.32 Å². The SMILES string of the molecule is COc1cc(CNC(=O)COC(=O)C2C3CC4CC(C3)CC2C4)cc(OC)c1OC. The monoisotopic (exact) mass is 417 g/mol. The van der Waals surface area contributed by atoms with Crippen LogP contribution < -0.4 is 19.5 Å². The summed E-state index contributed by atoms with van der Waals surface area (Å²) in [6, 6.07) is 3.56. The number of nitrogens with one attached hydrogen (secondary N) is 1. The van der Waals surface area contributed by atoms with Crippen molar-refractivity contribution >= 4 is 11.9 Å². The number of hydrogen-bond donors (Lipinski definition) is 1. The van der Waals surface area contributed by atoms with Gasteiger partial charge in [-0.1, -0.05) is 0 Å². The topological polar surface area (TPSA) is 83.1 Å². The van der Waals surface area contributed by atoms with E-state index < -0.39 is 0 Å². The zero-order chi connectivity index (χ0) is 21.3. The fourth-order valence-electron chi connectivity index (χ4n) is 6.03. The van der Waals surface area contributed by atoms with Gasteiger partial charge in [-0.2, -0.15) is 0 Å². The first-order valence-electron chi connectivity index (χ1n) is 10.7. The molecular formula is C23H31NO6. The van der Waals surface area contributed by atoms with Gasteiger partial charge in [-0.15, -0.1) is 0 Å². The Morgan fingerprint density at radius 2 is 1.47 bits per heavy atom. The maximum absolute atomic E-state index is 12.7. The Hall–Kier alpha value is -2.44. The second-order valence-corrected chi connectivity index (χ2v) is 8.87. The smallest absolute Gasteiger partial charge is 0.310 e. The largest absolute Gasteiger partial charge is 0.493 e. The van der Waals surface area contributed by atoms with Crippen molar-refractivity contribution in [3.63, 3.8) is 0 Å². The van der Waals surface area contributed by atoms with E-state index in [-0.39, 0.29) is 30.9 Å². The molecule has 1 aromatic rings. The number of ether oxygens (including phenoxy) is 4. The number of carbonyl (C=O) groups excluding carboxylic acids is 2. The number of rotatable bonds is 8. The molecule has 0 aromatic heterocycles. The van der Waals surface area contributed by atoms with Gasteiger partial charge in [0.05, 0.1) is 27.2 Å². The molecule has 5 rings (SSSR count). The lowest BCUT2D eigenvalue weighted by Gasteiger charge is -2.53. The summed E-state index contributed by atoms with van der Waals surface area (Å²) in [5.74, 6) is 3.54. The third kappa shape index (κ3) is 4.07. The lowest BCUT2D eigenvalue weighted by atomic mass is 9.52. The summed E-state index contributed by atoms with van der Waals surface area (Å²) in [5.41, 5.74) is 0.796. The Morgan fingerprint density at radius 1 is 0.900 bits per heavy atom. The molecule has 4 bridgehead atoms. The number of amides is 1. The molecule has 4 aliphatic carbocycles. The van der Waals surface area contributed by atoms with E-state index in [1.165, 1.54) is 6.42 Å². The second kappa shape index (κ2) is 8.74. The minimum Gasteiger partial charge on any atom is -0.493 e. The van der Waals surface area contributed by atoms with Crippen LogP contribution in [0.2, 0.25) is 0 Å². The third-order valence-electron chi connectivity index (χ3n) is 7.06. The van der Waals surface area contributed by atoms with Crippen LogP contribution in [0.15, 0.2) is 12.1 Å². The molecule has 0 aliphatic heterocycles. The van der Waals surface area contributed by atoms with Crippen molar-refractivity contribution in [2.45, 2.75) is 38.6 Å². The van der Waals surface area contributed by atoms with Crippen molar-refractivity contribution in [3.8, 4) is 17.2 Å². The maximum atomic E-state index is 12.7. The first-order chi connectivity index (χ1) is 14.5. The summed E-state index contributed by atoms with van der Waals surface area (Å²) in [5, 5.41) is 2.79. The molecule has 7 heteroatoms. The Bertz CT molecular complexity index is 754. The van der Waals surface area contributed by atoms with Crippen molar-refractivity contribution in [1.82, 2.24) is 5.32 Å². The first kappa shape index (κ1) is 20.8. The van der Waals surface area contributed by atoms with Crippen LogP contribution in [0.25, 0.3) is 0 Å². The minimum absolute atomic E-state index is 0.0132. The van der Waals surface area contributed by atoms with Crippen LogP contribution in [0.3, 0.4) is 0 Å². The second-order valence-electron chi connectivity index (χ2n) is 8.87. The molecule has 1 N–H and O–H groups in total. The molecule has 1 amide bonds. The fourth-order valence-corrected chi connectivity index (χ4v) is 6.03. The Balaban J connectivity index is 1.29. The fraction of sp³-hybridized carbons (Fsp3) is 0.652. The zero-order valence-corrected chi connectivity index (χ0v) is 17.9. The number of carbonyl (C=O) groups is 2. The molecule has 0 radical (unpaired) electrons. The normalized spacial score (nSPS) is 28.7. The highest BCUT2D eigenvalue weighted by atomic mass is 16.5. The van der Waals surface area contributed by atoms with Gasteiger partial charge in [-0.25, -0.2) is 0 Å². The van der Waals surface area contributed by atoms with Crippen molar-refractivity contribution in [2.24, 2.45) is 29.6 Å². The summed E-state index contributed by atoms with van der Waals surface area (Å²) < 4.78 is 21.4. The molecule has 4 aliphatic rings. The molecule has 4 saturated carbocycles. The summed E-state index contributed by atoms with van der Waals surface area (Å²) in [4.78, 5) is 25.0. The number of hydrogen-bond acceptors (Lipinski definition) is 6. The standard InChI is InChI=1S/C23H31NO6/c1-27-18-9-15(10-19(28-2)22(18)29-3)11-24-20(25)12-30-23(26)21-16-5-13-4-14(7-16)8-17(21)6-13/h9-10,13-14,16-17,21H,4-8,11-12H2,1-3H3,(H,24,25). The first-order valence-corrected chi connectivity index (χ1v) is 10.7. The molecule has 164 valence electrons. The Kier molecular flexibility index (Phi) is 6.06. The van der Waals surface area contributed by atoms with Gasteiger partial charge in [0.2, 0.25) is 5.75 Å². The van der Waals surface area contributed by atoms with Crippen LogP contribution in [0, 0.1) is 29.6 Å². The van der Waals surface area contributed by atoms with E-state index in [0.717, 1.165) is 43.1 Å². The zero-order valence-electron chi connectivity index (χ0n) is 17.9. The van der Waals surface area contributed by atoms with Gasteiger partial charge in [-0.3, -0.25) is 9.59 Å². The average molecular weight is 418 g/mol. The predicted molar refractivity (Wildman–Crippen MR) is 109 cm³/mol. The number of methoxy groups -OCH3 is 3. The van der Waals surface area contributed by atoms with Crippen LogP contribution in [0.5, 0.6) is 17.2 Å². The molecule has 0 unspecified atom stereocenters. The quantitative estimate of drug-likeness (QED) is 0.655. The summed E-state index contributed by atoms with van der Waals surface area (Å²) in [6.45, 7) is 0.0250. The van der Waals surface area contributed by atoms with E-state index in [1.54, 1.807) is 33.5 Å². The molecule has 7 nitrogen and oxygen atoms in total. The van der Waals surface area contributed by atoms with Crippen molar-refractivity contribution in [1.29, 1.82) is 0 Å². The Labute approximate surface area is 177 Å². The van der Waals surface area contributed by atoms with Gasteiger partial charge in [0, 0.05) is 6.54 Å². The van der Waals surface area contributed by atoms with Gasteiger partial charge >= 0.3 is 5.97 Å². The molecule has 0 heterocycles. The summed E-state index contributed by atoms with van der Waals surface area (Å²) >= 11 is 0. The molecule has 0 atom stereocenters. The van der Waals surface area contributed by atoms with Gasteiger partial charge in [0.1, 0.15) is 0 Å². The molecule has 1 aromatic carbocycles. The van der Waals surface area contributed by atoms with E-state index in [4.69, 9.17) is 18.9 Å². The number of esters is 1. The third-order valence-corrected chi connectivity index (χ3v) is 7.06. The van der Waals surface area contributed by atoms with E-state index in [9.17, 15) is 9.59 Å². The van der Waals surface area contributed by atoms with Crippen molar-refractivity contribution in [3.05, 3.63) is 17.7 Å². The summed E-state index contributed by atoms with van der Waals surface area (Å²) in [6.07, 6.45) is 5.96. The van der Waals surface area contributed by atoms with Gasteiger partial charge < -0.3 is 24.3 Å². The number of benzene rings is 1. The minimum atomic E-state index is -0.319. The highest BCUT2D eigenvalue weighted by Gasteiger charge is 2.51. The molecular weight excluding hydrogens is 386 g/mol. The van der Waals surface area contributed by atoms with Crippen molar-refractivity contribution in [2.75, 3.05) is 27.9 Å². The van der Waals surface area contributed by atoms with Crippen LogP contribution in [0.4, 0.5) is 0 Å². The van der Waals surface area contributed by atoms with E-state index in [1.807, 2.05) is 0 Å². The Morgan fingerprint density at radius 3 is 1.97 bits per heavy atom.